The number of nitrogens with one attached hydrogen (secondary N) is 1. The van der Waals surface area contributed by atoms with Crippen LogP contribution < -0.4 is 10.9 Å². The van der Waals surface area contributed by atoms with Crippen LogP contribution in [0.25, 0.3) is 0 Å². The van der Waals surface area contributed by atoms with E-state index in [4.69, 9.17) is 0 Å². The zero-order valence-corrected chi connectivity index (χ0v) is 11.3. The summed E-state index contributed by atoms with van der Waals surface area (Å²) in [6.45, 7) is 1.58. The smallest absolute Gasteiger partial charge is 0.271 e. The molecule has 0 bridgehead atoms. The fraction of sp³-hybridized carbons (Fsp3) is 0.143. The number of pyridine rings is 1. The quantitative estimate of drug-likeness (QED) is 0.684. The molecule has 0 fully saturated rings. The first-order chi connectivity index (χ1) is 9.97. The van der Waals surface area contributed by atoms with E-state index in [0.717, 1.165) is 0 Å². The lowest BCUT2D eigenvalue weighted by Crippen LogP contribution is -2.26. The van der Waals surface area contributed by atoms with Crippen LogP contribution in [-0.4, -0.2) is 15.4 Å². The Morgan fingerprint density at radius 1 is 1.33 bits per heavy atom. The molecule has 1 aromatic heterocycles. The maximum Gasteiger partial charge on any atom is 0.271 e. The van der Waals surface area contributed by atoms with Gasteiger partial charge in [0.05, 0.1) is 10.6 Å². The van der Waals surface area contributed by atoms with Gasteiger partial charge in [-0.05, 0) is 18.6 Å². The van der Waals surface area contributed by atoms with Gasteiger partial charge in [0, 0.05) is 24.4 Å². The van der Waals surface area contributed by atoms with Crippen LogP contribution >= 0.6 is 0 Å². The highest BCUT2D eigenvalue weighted by Crippen LogP contribution is 2.21. The van der Waals surface area contributed by atoms with E-state index in [9.17, 15) is 19.7 Å². The average Bonchev–Trinajstić information content (AvgIpc) is 2.43. The van der Waals surface area contributed by atoms with E-state index in [2.05, 4.69) is 5.32 Å². The summed E-state index contributed by atoms with van der Waals surface area (Å²) in [7, 11) is 0. The van der Waals surface area contributed by atoms with E-state index >= 15 is 0 Å². The molecular weight excluding hydrogens is 274 g/mol. The largest absolute Gasteiger partial charge is 0.324 e. The minimum absolute atomic E-state index is 0.104. The lowest BCUT2D eigenvalue weighted by Gasteiger charge is -2.09. The van der Waals surface area contributed by atoms with Crippen LogP contribution in [0.1, 0.15) is 5.56 Å². The Kier molecular flexibility index (Phi) is 4.13. The number of nitrogens with zero attached hydrogens (tertiary/aromatic N) is 2. The van der Waals surface area contributed by atoms with Gasteiger partial charge in [-0.2, -0.15) is 0 Å². The van der Waals surface area contributed by atoms with Crippen molar-refractivity contribution in [1.82, 2.24) is 4.57 Å². The van der Waals surface area contributed by atoms with E-state index in [1.165, 1.54) is 29.0 Å². The predicted molar refractivity (Wildman–Crippen MR) is 77.2 cm³/mol. The number of amides is 1. The number of rotatable bonds is 4. The number of aromatic nitrogens is 1. The topological polar surface area (TPSA) is 94.2 Å². The summed E-state index contributed by atoms with van der Waals surface area (Å²) in [4.78, 5) is 33.6. The van der Waals surface area contributed by atoms with Crippen molar-refractivity contribution in [2.45, 2.75) is 13.5 Å². The van der Waals surface area contributed by atoms with Crippen LogP contribution in [0, 0.1) is 17.0 Å². The summed E-state index contributed by atoms with van der Waals surface area (Å²) in [6, 6.07) is 8.80. The van der Waals surface area contributed by atoms with Gasteiger partial charge in [-0.3, -0.25) is 19.7 Å². The summed E-state index contributed by atoms with van der Waals surface area (Å²) in [5, 5.41) is 13.3. The molecule has 0 aliphatic carbocycles. The van der Waals surface area contributed by atoms with E-state index in [-0.39, 0.29) is 17.8 Å². The Morgan fingerprint density at radius 3 is 2.76 bits per heavy atom. The minimum atomic E-state index is -0.531. The van der Waals surface area contributed by atoms with Gasteiger partial charge < -0.3 is 9.88 Å². The molecule has 1 heterocycles. The van der Waals surface area contributed by atoms with Gasteiger partial charge >= 0.3 is 0 Å². The van der Waals surface area contributed by atoms with E-state index in [1.807, 2.05) is 0 Å². The van der Waals surface area contributed by atoms with Crippen molar-refractivity contribution in [2.75, 3.05) is 5.32 Å². The van der Waals surface area contributed by atoms with Crippen molar-refractivity contribution in [2.24, 2.45) is 0 Å². The number of carbonyl (C=O) groups excluding carboxylic acids is 1. The monoisotopic (exact) mass is 287 g/mol. The first kappa shape index (κ1) is 14.4. The molecule has 1 N–H and O–H groups in total. The van der Waals surface area contributed by atoms with Crippen molar-refractivity contribution in [3.05, 3.63) is 68.6 Å². The molecular formula is C14H13N3O4. The molecule has 2 aromatic rings. The summed E-state index contributed by atoms with van der Waals surface area (Å²) in [6.07, 6.45) is 1.50. The Balaban J connectivity index is 2.16. The normalized spacial score (nSPS) is 10.1. The number of carbonyl (C=O) groups is 1. The van der Waals surface area contributed by atoms with Crippen molar-refractivity contribution in [3.8, 4) is 0 Å². The molecule has 7 nitrogen and oxygen atoms in total. The molecule has 21 heavy (non-hydrogen) atoms. The summed E-state index contributed by atoms with van der Waals surface area (Å²) < 4.78 is 1.25. The molecule has 1 aromatic carbocycles. The standard InChI is InChI=1S/C14H13N3O4/c1-10-5-6-11(17(20)21)8-12(10)15-13(18)9-16-7-3-2-4-14(16)19/h2-8H,9H2,1H3,(H,15,18). The van der Waals surface area contributed by atoms with Gasteiger partial charge in [-0.25, -0.2) is 0 Å². The van der Waals surface area contributed by atoms with Crippen molar-refractivity contribution in [3.63, 3.8) is 0 Å². The lowest BCUT2D eigenvalue weighted by molar-refractivity contribution is -0.384. The first-order valence-corrected chi connectivity index (χ1v) is 6.18. The highest BCUT2D eigenvalue weighted by Gasteiger charge is 2.11. The van der Waals surface area contributed by atoms with Gasteiger partial charge in [-0.15, -0.1) is 0 Å². The molecule has 0 unspecified atom stereocenters. The zero-order chi connectivity index (χ0) is 15.4. The number of nitro groups is 1. The average molecular weight is 287 g/mol. The fourth-order valence-corrected chi connectivity index (χ4v) is 1.79. The van der Waals surface area contributed by atoms with Gasteiger partial charge in [0.2, 0.25) is 5.91 Å². The number of nitro benzene ring substituents is 1. The molecule has 0 radical (unpaired) electrons. The molecule has 0 aliphatic rings. The van der Waals surface area contributed by atoms with Crippen LogP contribution in [0.5, 0.6) is 0 Å². The van der Waals surface area contributed by atoms with Crippen LogP contribution in [0.4, 0.5) is 11.4 Å². The second-order valence-electron chi connectivity index (χ2n) is 4.47. The van der Waals surface area contributed by atoms with E-state index in [0.29, 0.717) is 11.3 Å². The van der Waals surface area contributed by atoms with Gasteiger partial charge in [0.15, 0.2) is 0 Å². The number of anilines is 1. The fourth-order valence-electron chi connectivity index (χ4n) is 1.79. The second-order valence-corrected chi connectivity index (χ2v) is 4.47. The number of benzene rings is 1. The van der Waals surface area contributed by atoms with Gasteiger partial charge in [0.1, 0.15) is 6.54 Å². The molecule has 7 heteroatoms. The maximum absolute atomic E-state index is 11.9. The lowest BCUT2D eigenvalue weighted by atomic mass is 10.2. The third-order valence-electron chi connectivity index (χ3n) is 2.92. The molecule has 0 spiro atoms. The minimum Gasteiger partial charge on any atom is -0.324 e. The Labute approximate surface area is 120 Å². The Hall–Kier alpha value is -2.96. The Morgan fingerprint density at radius 2 is 2.10 bits per heavy atom. The SMILES string of the molecule is Cc1ccc([N+](=O)[O-])cc1NC(=O)Cn1ccccc1=O. The van der Waals surface area contributed by atoms with Crippen LogP contribution in [0.3, 0.4) is 0 Å². The first-order valence-electron chi connectivity index (χ1n) is 6.18. The van der Waals surface area contributed by atoms with Crippen LogP contribution in [0.2, 0.25) is 0 Å². The highest BCUT2D eigenvalue weighted by atomic mass is 16.6. The van der Waals surface area contributed by atoms with Crippen molar-refractivity contribution < 1.29 is 9.72 Å². The molecule has 108 valence electrons. The molecule has 0 atom stereocenters. The van der Waals surface area contributed by atoms with Crippen LogP contribution in [-0.2, 0) is 11.3 Å². The predicted octanol–water partition coefficient (Wildman–Crippen LogP) is 1.70. The van der Waals surface area contributed by atoms with Crippen molar-refractivity contribution in [1.29, 1.82) is 0 Å². The third-order valence-corrected chi connectivity index (χ3v) is 2.92. The summed E-state index contributed by atoms with van der Waals surface area (Å²) >= 11 is 0. The number of hydrogen-bond acceptors (Lipinski definition) is 4. The third kappa shape index (κ3) is 3.53. The molecule has 0 aliphatic heterocycles. The zero-order valence-electron chi connectivity index (χ0n) is 11.3. The van der Waals surface area contributed by atoms with E-state index < -0.39 is 10.8 Å². The summed E-state index contributed by atoms with van der Waals surface area (Å²) in [5.41, 5.74) is 0.670. The maximum atomic E-state index is 11.9. The molecule has 1 amide bonds. The molecule has 2 rings (SSSR count). The summed E-state index contributed by atoms with van der Waals surface area (Å²) in [5.74, 6) is -0.424. The van der Waals surface area contributed by atoms with E-state index in [1.54, 1.807) is 25.1 Å². The van der Waals surface area contributed by atoms with Gasteiger partial charge in [-0.1, -0.05) is 12.1 Å². The van der Waals surface area contributed by atoms with Crippen LogP contribution in [0.15, 0.2) is 47.4 Å². The number of aryl methyl sites for hydroxylation is 1. The molecule has 0 saturated carbocycles. The number of hydrogen-bond donors (Lipinski definition) is 1. The molecule has 0 saturated heterocycles. The highest BCUT2D eigenvalue weighted by molar-refractivity contribution is 5.91. The number of non-ortho nitro benzene ring substituents is 1. The Bertz CT molecular complexity index is 752. The van der Waals surface area contributed by atoms with Gasteiger partial charge in [0.25, 0.3) is 11.2 Å². The van der Waals surface area contributed by atoms with Crippen molar-refractivity contribution >= 4 is 17.3 Å². The second kappa shape index (κ2) is 6.00.